The first-order valence-electron chi connectivity index (χ1n) is 6.72. The van der Waals surface area contributed by atoms with Gasteiger partial charge < -0.3 is 11.1 Å². The maximum Gasteiger partial charge on any atom is 0.237 e. The van der Waals surface area contributed by atoms with E-state index < -0.39 is 6.04 Å². The summed E-state index contributed by atoms with van der Waals surface area (Å²) in [6.45, 7) is 3.78. The highest BCUT2D eigenvalue weighted by atomic mass is 32.1. The Morgan fingerprint density at radius 2 is 2.00 bits per heavy atom. The topological polar surface area (TPSA) is 55.1 Å². The Labute approximate surface area is 123 Å². The number of benzene rings is 1. The van der Waals surface area contributed by atoms with Gasteiger partial charge in [-0.25, -0.2) is 0 Å². The van der Waals surface area contributed by atoms with Gasteiger partial charge in [-0.05, 0) is 42.8 Å². The normalized spacial score (nSPS) is 13.8. The molecule has 4 heteroatoms. The van der Waals surface area contributed by atoms with E-state index in [0.717, 1.165) is 6.42 Å². The van der Waals surface area contributed by atoms with Crippen molar-refractivity contribution in [3.8, 4) is 0 Å². The summed E-state index contributed by atoms with van der Waals surface area (Å²) < 4.78 is 0. The van der Waals surface area contributed by atoms with Gasteiger partial charge in [-0.2, -0.15) is 0 Å². The van der Waals surface area contributed by atoms with Gasteiger partial charge in [0.25, 0.3) is 0 Å². The van der Waals surface area contributed by atoms with Crippen molar-refractivity contribution in [2.75, 3.05) is 0 Å². The maximum absolute atomic E-state index is 11.9. The highest BCUT2D eigenvalue weighted by molar-refractivity contribution is 7.10. The molecule has 106 valence electrons. The first-order valence-corrected chi connectivity index (χ1v) is 7.59. The number of aryl methyl sites for hydroxylation is 1. The average molecular weight is 288 g/mol. The number of nitrogens with one attached hydrogen (secondary N) is 1. The van der Waals surface area contributed by atoms with Gasteiger partial charge in [0, 0.05) is 4.88 Å². The Morgan fingerprint density at radius 3 is 2.55 bits per heavy atom. The summed E-state index contributed by atoms with van der Waals surface area (Å²) in [5, 5.41) is 5.11. The molecular weight excluding hydrogens is 268 g/mol. The molecule has 0 saturated heterocycles. The van der Waals surface area contributed by atoms with E-state index in [1.807, 2.05) is 18.2 Å². The maximum atomic E-state index is 11.9. The molecule has 0 aliphatic carbocycles. The number of amides is 1. The molecule has 1 heterocycles. The van der Waals surface area contributed by atoms with Crippen molar-refractivity contribution in [1.29, 1.82) is 0 Å². The van der Waals surface area contributed by atoms with E-state index in [9.17, 15) is 4.79 Å². The molecule has 3 N–H and O–H groups in total. The number of carbonyl (C=O) groups is 1. The van der Waals surface area contributed by atoms with Crippen LogP contribution in [0.4, 0.5) is 0 Å². The minimum atomic E-state index is -0.492. The van der Waals surface area contributed by atoms with E-state index in [4.69, 9.17) is 5.73 Å². The third kappa shape index (κ3) is 3.68. The van der Waals surface area contributed by atoms with E-state index in [1.54, 1.807) is 18.3 Å². The van der Waals surface area contributed by atoms with Crippen molar-refractivity contribution in [1.82, 2.24) is 5.32 Å². The second kappa shape index (κ2) is 6.68. The van der Waals surface area contributed by atoms with E-state index >= 15 is 0 Å². The largest absolute Gasteiger partial charge is 0.347 e. The second-order valence-corrected chi connectivity index (χ2v) is 5.96. The summed E-state index contributed by atoms with van der Waals surface area (Å²) in [7, 11) is 0. The highest BCUT2D eigenvalue weighted by Gasteiger charge is 2.19. The van der Waals surface area contributed by atoms with Crippen molar-refractivity contribution in [3.63, 3.8) is 0 Å². The number of rotatable bonds is 5. The smallest absolute Gasteiger partial charge is 0.237 e. The molecule has 0 aliphatic rings. The molecule has 0 radical (unpaired) electrons. The predicted octanol–water partition coefficient (Wildman–Crippen LogP) is 2.80. The average Bonchev–Trinajstić information content (AvgIpc) is 2.85. The molecule has 1 amide bonds. The van der Waals surface area contributed by atoms with Crippen LogP contribution < -0.4 is 11.1 Å². The van der Waals surface area contributed by atoms with Gasteiger partial charge in [-0.15, -0.1) is 11.3 Å². The summed E-state index contributed by atoms with van der Waals surface area (Å²) in [6, 6.07) is 11.7. The van der Waals surface area contributed by atoms with Crippen LogP contribution in [0.3, 0.4) is 0 Å². The number of nitrogens with two attached hydrogens (primary N) is 1. The molecule has 1 unspecified atom stereocenters. The standard InChI is InChI=1S/C16H20N2OS/c1-11-8-9-20-15(11)14(18-16(19)12(2)17)10-13-6-4-3-5-7-13/h3-9,12,14H,10,17H2,1-2H3,(H,18,19)/t12-,14?/m0/s1. The zero-order chi connectivity index (χ0) is 14.5. The quantitative estimate of drug-likeness (QED) is 0.889. The van der Waals surface area contributed by atoms with Crippen LogP contribution in [-0.4, -0.2) is 11.9 Å². The van der Waals surface area contributed by atoms with Crippen molar-refractivity contribution < 1.29 is 4.79 Å². The van der Waals surface area contributed by atoms with Crippen LogP contribution in [-0.2, 0) is 11.2 Å². The third-order valence-corrected chi connectivity index (χ3v) is 4.36. The van der Waals surface area contributed by atoms with Crippen LogP contribution in [0.15, 0.2) is 41.8 Å². The van der Waals surface area contributed by atoms with E-state index in [0.29, 0.717) is 0 Å². The number of thiophene rings is 1. The summed E-state index contributed by atoms with van der Waals surface area (Å²) in [5.74, 6) is -0.112. The summed E-state index contributed by atoms with van der Waals surface area (Å²) in [4.78, 5) is 13.1. The number of hydrogen-bond acceptors (Lipinski definition) is 3. The van der Waals surface area contributed by atoms with Gasteiger partial charge in [-0.3, -0.25) is 4.79 Å². The van der Waals surface area contributed by atoms with Crippen molar-refractivity contribution in [2.45, 2.75) is 32.4 Å². The molecule has 1 aromatic carbocycles. The minimum Gasteiger partial charge on any atom is -0.347 e. The lowest BCUT2D eigenvalue weighted by Gasteiger charge is -2.20. The molecule has 0 bridgehead atoms. The monoisotopic (exact) mass is 288 g/mol. The summed E-state index contributed by atoms with van der Waals surface area (Å²) >= 11 is 1.68. The lowest BCUT2D eigenvalue weighted by Crippen LogP contribution is -2.40. The van der Waals surface area contributed by atoms with Crippen LogP contribution in [0, 0.1) is 6.92 Å². The Kier molecular flexibility index (Phi) is 4.93. The molecule has 1 aromatic heterocycles. The van der Waals surface area contributed by atoms with Crippen LogP contribution in [0.1, 0.15) is 29.0 Å². The van der Waals surface area contributed by atoms with Gasteiger partial charge >= 0.3 is 0 Å². The van der Waals surface area contributed by atoms with Crippen molar-refractivity contribution in [3.05, 3.63) is 57.8 Å². The highest BCUT2D eigenvalue weighted by Crippen LogP contribution is 2.27. The number of carbonyl (C=O) groups excluding carboxylic acids is 1. The molecular formula is C16H20N2OS. The molecule has 0 saturated carbocycles. The number of hydrogen-bond donors (Lipinski definition) is 2. The van der Waals surface area contributed by atoms with Gasteiger partial charge in [0.05, 0.1) is 12.1 Å². The van der Waals surface area contributed by atoms with Crippen LogP contribution in [0.5, 0.6) is 0 Å². The first kappa shape index (κ1) is 14.8. The molecule has 2 atom stereocenters. The Hall–Kier alpha value is -1.65. The first-order chi connectivity index (χ1) is 9.58. The Morgan fingerprint density at radius 1 is 1.30 bits per heavy atom. The molecule has 0 fully saturated rings. The van der Waals surface area contributed by atoms with Gasteiger partial charge in [-0.1, -0.05) is 30.3 Å². The van der Waals surface area contributed by atoms with Crippen LogP contribution >= 0.6 is 11.3 Å². The predicted molar refractivity (Wildman–Crippen MR) is 83.7 cm³/mol. The Bertz CT molecular complexity index is 563. The minimum absolute atomic E-state index is 0.0177. The van der Waals surface area contributed by atoms with E-state index in [2.05, 4.69) is 35.8 Å². The van der Waals surface area contributed by atoms with Crippen LogP contribution in [0.25, 0.3) is 0 Å². The fourth-order valence-corrected chi connectivity index (χ4v) is 3.08. The molecule has 0 spiro atoms. The van der Waals surface area contributed by atoms with Gasteiger partial charge in [0.1, 0.15) is 0 Å². The molecule has 3 nitrogen and oxygen atoms in total. The van der Waals surface area contributed by atoms with E-state index in [1.165, 1.54) is 16.0 Å². The lowest BCUT2D eigenvalue weighted by molar-refractivity contribution is -0.122. The third-order valence-electron chi connectivity index (χ3n) is 3.23. The van der Waals surface area contributed by atoms with E-state index in [-0.39, 0.29) is 11.9 Å². The molecule has 0 aliphatic heterocycles. The summed E-state index contributed by atoms with van der Waals surface area (Å²) in [6.07, 6.45) is 0.778. The van der Waals surface area contributed by atoms with Crippen molar-refractivity contribution >= 4 is 17.2 Å². The zero-order valence-electron chi connectivity index (χ0n) is 11.8. The van der Waals surface area contributed by atoms with Crippen LogP contribution in [0.2, 0.25) is 0 Å². The molecule has 2 aromatic rings. The molecule has 2 rings (SSSR count). The Balaban J connectivity index is 2.21. The molecule has 20 heavy (non-hydrogen) atoms. The van der Waals surface area contributed by atoms with Gasteiger partial charge in [0.15, 0.2) is 0 Å². The zero-order valence-corrected chi connectivity index (χ0v) is 12.6. The second-order valence-electron chi connectivity index (χ2n) is 5.01. The van der Waals surface area contributed by atoms with Gasteiger partial charge in [0.2, 0.25) is 5.91 Å². The fraction of sp³-hybridized carbons (Fsp3) is 0.312. The summed E-state index contributed by atoms with van der Waals surface area (Å²) in [5.41, 5.74) is 8.07. The fourth-order valence-electron chi connectivity index (χ4n) is 2.10. The van der Waals surface area contributed by atoms with Crippen molar-refractivity contribution in [2.24, 2.45) is 5.73 Å². The SMILES string of the molecule is Cc1ccsc1C(Cc1ccccc1)NC(=O)[C@H](C)N. The lowest BCUT2D eigenvalue weighted by atomic mass is 10.0.